The molecule has 0 aromatic carbocycles. The number of nitrogens with one attached hydrogen (secondary N) is 2. The molecule has 0 spiro atoms. The third-order valence-corrected chi connectivity index (χ3v) is 1.33. The average Bonchev–Trinajstić information content (AvgIpc) is 1.89. The Morgan fingerprint density at radius 3 is 2.67 bits per heavy atom. The van der Waals surface area contributed by atoms with Gasteiger partial charge in [-0.1, -0.05) is 15.9 Å². The molecule has 2 N–H and O–H groups in total. The normalized spacial score (nSPS) is 9.11. The second-order valence-electron chi connectivity index (χ2n) is 1.59. The van der Waals surface area contributed by atoms with Crippen LogP contribution in [-0.2, 0) is 4.79 Å². The average molecular weight is 195 g/mol. The van der Waals surface area contributed by atoms with Gasteiger partial charge >= 0.3 is 0 Å². The molecule has 0 aliphatic carbocycles. The molecule has 0 aromatic heterocycles. The van der Waals surface area contributed by atoms with Crippen LogP contribution in [0.4, 0.5) is 0 Å². The van der Waals surface area contributed by atoms with Crippen LogP contribution in [0.1, 0.15) is 0 Å². The van der Waals surface area contributed by atoms with Gasteiger partial charge in [0.05, 0.1) is 5.33 Å². The second kappa shape index (κ2) is 6.04. The predicted molar refractivity (Wildman–Crippen MR) is 40.7 cm³/mol. The minimum absolute atomic E-state index is 0.0326. The zero-order valence-corrected chi connectivity index (χ0v) is 6.99. The van der Waals surface area contributed by atoms with Gasteiger partial charge < -0.3 is 10.6 Å². The molecular weight excluding hydrogens is 184 g/mol. The van der Waals surface area contributed by atoms with Crippen LogP contribution in [0.5, 0.6) is 0 Å². The van der Waals surface area contributed by atoms with Gasteiger partial charge in [0.15, 0.2) is 0 Å². The van der Waals surface area contributed by atoms with E-state index in [0.29, 0.717) is 11.9 Å². The van der Waals surface area contributed by atoms with Gasteiger partial charge in [-0.25, -0.2) is 0 Å². The fourth-order valence-corrected chi connectivity index (χ4v) is 0.572. The highest BCUT2D eigenvalue weighted by molar-refractivity contribution is 9.09. The number of amides is 1. The number of hydrogen-bond acceptors (Lipinski definition) is 2. The van der Waals surface area contributed by atoms with Crippen molar-refractivity contribution >= 4 is 21.8 Å². The quantitative estimate of drug-likeness (QED) is 0.478. The van der Waals surface area contributed by atoms with Crippen molar-refractivity contribution in [1.82, 2.24) is 10.6 Å². The van der Waals surface area contributed by atoms with Crippen molar-refractivity contribution in [3.05, 3.63) is 0 Å². The Morgan fingerprint density at radius 2 is 2.22 bits per heavy atom. The van der Waals surface area contributed by atoms with E-state index in [1.165, 1.54) is 0 Å². The van der Waals surface area contributed by atoms with Crippen molar-refractivity contribution in [2.75, 3.05) is 25.5 Å². The highest BCUT2D eigenvalue weighted by Crippen LogP contribution is 1.76. The number of rotatable bonds is 4. The van der Waals surface area contributed by atoms with Gasteiger partial charge in [0.2, 0.25) is 5.91 Å². The van der Waals surface area contributed by atoms with Crippen LogP contribution in [0, 0.1) is 0 Å². The summed E-state index contributed by atoms with van der Waals surface area (Å²) in [6.45, 7) is 1.51. The number of carbonyl (C=O) groups excluding carboxylic acids is 1. The Morgan fingerprint density at radius 1 is 1.56 bits per heavy atom. The maximum Gasteiger partial charge on any atom is 0.230 e. The highest BCUT2D eigenvalue weighted by Gasteiger charge is 1.93. The molecule has 0 rings (SSSR count). The summed E-state index contributed by atoms with van der Waals surface area (Å²) in [4.78, 5) is 10.5. The molecule has 3 nitrogen and oxygen atoms in total. The molecule has 0 unspecified atom stereocenters. The number of carbonyl (C=O) groups is 1. The zero-order valence-electron chi connectivity index (χ0n) is 5.41. The topological polar surface area (TPSA) is 41.1 Å². The number of alkyl halides is 1. The second-order valence-corrected chi connectivity index (χ2v) is 2.15. The SMILES string of the molecule is CNCCNC(=O)CBr. The van der Waals surface area contributed by atoms with E-state index >= 15 is 0 Å². The van der Waals surface area contributed by atoms with Gasteiger partial charge in [-0.15, -0.1) is 0 Å². The molecule has 9 heavy (non-hydrogen) atoms. The summed E-state index contributed by atoms with van der Waals surface area (Å²) < 4.78 is 0. The van der Waals surface area contributed by atoms with Crippen LogP contribution in [0.15, 0.2) is 0 Å². The van der Waals surface area contributed by atoms with Gasteiger partial charge in [-0.05, 0) is 7.05 Å². The summed E-state index contributed by atoms with van der Waals surface area (Å²) in [5.41, 5.74) is 0. The van der Waals surface area contributed by atoms with Crippen LogP contribution in [0.25, 0.3) is 0 Å². The van der Waals surface area contributed by atoms with E-state index in [1.54, 1.807) is 0 Å². The molecule has 0 heterocycles. The van der Waals surface area contributed by atoms with Crippen molar-refractivity contribution < 1.29 is 4.79 Å². The van der Waals surface area contributed by atoms with Crippen LogP contribution in [-0.4, -0.2) is 31.4 Å². The third kappa shape index (κ3) is 5.79. The van der Waals surface area contributed by atoms with Crippen molar-refractivity contribution in [2.24, 2.45) is 0 Å². The minimum Gasteiger partial charge on any atom is -0.354 e. The lowest BCUT2D eigenvalue weighted by Gasteiger charge is -1.99. The maximum atomic E-state index is 10.5. The van der Waals surface area contributed by atoms with Gasteiger partial charge in [-0.3, -0.25) is 4.79 Å². The number of halogens is 1. The molecule has 0 saturated carbocycles. The van der Waals surface area contributed by atoms with Crippen LogP contribution in [0.2, 0.25) is 0 Å². The van der Waals surface area contributed by atoms with Crippen LogP contribution in [0.3, 0.4) is 0 Å². The van der Waals surface area contributed by atoms with Gasteiger partial charge in [-0.2, -0.15) is 0 Å². The number of likely N-dealkylation sites (N-methyl/N-ethyl adjacent to an activating group) is 1. The van der Waals surface area contributed by atoms with Crippen LogP contribution < -0.4 is 10.6 Å². The lowest BCUT2D eigenvalue weighted by molar-refractivity contribution is -0.118. The molecule has 0 aromatic rings. The van der Waals surface area contributed by atoms with E-state index in [4.69, 9.17) is 0 Å². The molecule has 4 heteroatoms. The minimum atomic E-state index is 0.0326. The molecule has 0 radical (unpaired) electrons. The van der Waals surface area contributed by atoms with E-state index in [0.717, 1.165) is 6.54 Å². The Kier molecular flexibility index (Phi) is 5.98. The molecule has 0 aliphatic heterocycles. The Labute approximate surface area is 63.3 Å². The first kappa shape index (κ1) is 8.91. The van der Waals surface area contributed by atoms with Crippen molar-refractivity contribution in [3.63, 3.8) is 0 Å². The van der Waals surface area contributed by atoms with E-state index in [-0.39, 0.29) is 5.91 Å². The summed E-state index contributed by atoms with van der Waals surface area (Å²) >= 11 is 3.03. The zero-order chi connectivity index (χ0) is 7.11. The molecule has 0 bridgehead atoms. The molecule has 0 atom stereocenters. The fraction of sp³-hybridized carbons (Fsp3) is 0.800. The maximum absolute atomic E-state index is 10.5. The van der Waals surface area contributed by atoms with Gasteiger partial charge in [0.25, 0.3) is 0 Å². The Hall–Kier alpha value is -0.0900. The van der Waals surface area contributed by atoms with E-state index in [2.05, 4.69) is 26.6 Å². The van der Waals surface area contributed by atoms with Gasteiger partial charge in [0.1, 0.15) is 0 Å². The Balaban J connectivity index is 2.97. The first-order chi connectivity index (χ1) is 4.31. The van der Waals surface area contributed by atoms with E-state index in [1.807, 2.05) is 7.05 Å². The monoisotopic (exact) mass is 194 g/mol. The van der Waals surface area contributed by atoms with Crippen LogP contribution >= 0.6 is 15.9 Å². The molecule has 54 valence electrons. The fourth-order valence-electron chi connectivity index (χ4n) is 0.374. The molecule has 1 amide bonds. The summed E-state index contributed by atoms with van der Waals surface area (Å²) in [6.07, 6.45) is 0. The first-order valence-corrected chi connectivity index (χ1v) is 3.90. The molecular formula is C5H11BrN2O. The summed E-state index contributed by atoms with van der Waals surface area (Å²) in [6, 6.07) is 0. The first-order valence-electron chi connectivity index (χ1n) is 2.78. The van der Waals surface area contributed by atoms with Crippen molar-refractivity contribution in [2.45, 2.75) is 0 Å². The smallest absolute Gasteiger partial charge is 0.230 e. The highest BCUT2D eigenvalue weighted by atomic mass is 79.9. The largest absolute Gasteiger partial charge is 0.354 e. The summed E-state index contributed by atoms with van der Waals surface area (Å²) in [5, 5.41) is 5.99. The summed E-state index contributed by atoms with van der Waals surface area (Å²) in [5.74, 6) is 0.0326. The summed E-state index contributed by atoms with van der Waals surface area (Å²) in [7, 11) is 1.85. The van der Waals surface area contributed by atoms with Crippen molar-refractivity contribution in [1.29, 1.82) is 0 Å². The van der Waals surface area contributed by atoms with Gasteiger partial charge in [0, 0.05) is 13.1 Å². The van der Waals surface area contributed by atoms with E-state index < -0.39 is 0 Å². The van der Waals surface area contributed by atoms with E-state index in [9.17, 15) is 4.79 Å². The van der Waals surface area contributed by atoms with Crippen molar-refractivity contribution in [3.8, 4) is 0 Å². The Bertz CT molecular complexity index is 87.0. The lowest BCUT2D eigenvalue weighted by Crippen LogP contribution is -2.30. The predicted octanol–water partition coefficient (Wildman–Crippen LogP) is -0.283. The lowest BCUT2D eigenvalue weighted by atomic mass is 10.6. The molecule has 0 saturated heterocycles. The molecule has 0 aliphatic rings. The third-order valence-electron chi connectivity index (χ3n) is 0.819. The standard InChI is InChI=1S/C5H11BrN2O/c1-7-2-3-8-5(9)4-6/h7H,2-4H2,1H3,(H,8,9). The number of hydrogen-bond donors (Lipinski definition) is 2. The molecule has 0 fully saturated rings.